The Hall–Kier alpha value is -2.20. The number of carboxylic acid groups (broad SMARTS) is 1. The standard InChI is InChI=1S/C23H43N5O5/c1-5-15(4)19(23(32)33)28-21(30)17(9-6-7-11-24)26-22(31)18(13-14(2)3)27-20(29)16-10-8-12-25-16/h14-19,25H,5-13,24H2,1-4H3,(H,26,31)(H,27,29)(H,28,30)(H,32,33). The third-order valence-corrected chi connectivity index (χ3v) is 6.07. The molecule has 3 amide bonds. The van der Waals surface area contributed by atoms with E-state index in [1.165, 1.54) is 0 Å². The van der Waals surface area contributed by atoms with E-state index in [-0.39, 0.29) is 23.8 Å². The first-order valence-electron chi connectivity index (χ1n) is 12.2. The molecule has 1 aliphatic rings. The van der Waals surface area contributed by atoms with Crippen LogP contribution in [0.1, 0.15) is 72.6 Å². The van der Waals surface area contributed by atoms with Crippen LogP contribution in [0.5, 0.6) is 0 Å². The van der Waals surface area contributed by atoms with E-state index >= 15 is 0 Å². The number of nitrogens with one attached hydrogen (secondary N) is 4. The molecule has 1 rings (SSSR count). The zero-order chi connectivity index (χ0) is 25.0. The van der Waals surface area contributed by atoms with Gasteiger partial charge in [0.25, 0.3) is 0 Å². The predicted molar refractivity (Wildman–Crippen MR) is 126 cm³/mol. The lowest BCUT2D eigenvalue weighted by Crippen LogP contribution is -2.57. The van der Waals surface area contributed by atoms with E-state index in [1.807, 2.05) is 20.8 Å². The van der Waals surface area contributed by atoms with E-state index in [9.17, 15) is 24.3 Å². The molecular weight excluding hydrogens is 426 g/mol. The molecule has 0 aromatic heterocycles. The minimum absolute atomic E-state index is 0.142. The van der Waals surface area contributed by atoms with Gasteiger partial charge >= 0.3 is 5.97 Å². The monoisotopic (exact) mass is 469 g/mol. The van der Waals surface area contributed by atoms with Crippen molar-refractivity contribution in [3.63, 3.8) is 0 Å². The van der Waals surface area contributed by atoms with E-state index in [0.717, 1.165) is 19.4 Å². The molecule has 33 heavy (non-hydrogen) atoms. The first-order valence-corrected chi connectivity index (χ1v) is 12.2. The molecule has 5 atom stereocenters. The Labute approximate surface area is 197 Å². The highest BCUT2D eigenvalue weighted by atomic mass is 16.4. The van der Waals surface area contributed by atoms with E-state index in [1.54, 1.807) is 6.92 Å². The molecule has 0 aliphatic carbocycles. The number of unbranched alkanes of at least 4 members (excludes halogenated alkanes) is 1. The van der Waals surface area contributed by atoms with Crippen LogP contribution in [0.2, 0.25) is 0 Å². The largest absolute Gasteiger partial charge is 0.480 e. The third kappa shape index (κ3) is 10.1. The van der Waals surface area contributed by atoms with Crippen molar-refractivity contribution in [1.29, 1.82) is 0 Å². The van der Waals surface area contributed by atoms with Gasteiger partial charge in [-0.15, -0.1) is 0 Å². The summed E-state index contributed by atoms with van der Waals surface area (Å²) < 4.78 is 0. The zero-order valence-corrected chi connectivity index (χ0v) is 20.5. The first kappa shape index (κ1) is 28.8. The quantitative estimate of drug-likeness (QED) is 0.190. The average Bonchev–Trinajstić information content (AvgIpc) is 3.30. The summed E-state index contributed by atoms with van der Waals surface area (Å²) in [5.41, 5.74) is 5.57. The smallest absolute Gasteiger partial charge is 0.326 e. The van der Waals surface area contributed by atoms with Crippen LogP contribution < -0.4 is 27.0 Å². The van der Waals surface area contributed by atoms with Crippen LogP contribution in [0.3, 0.4) is 0 Å². The van der Waals surface area contributed by atoms with Crippen molar-refractivity contribution in [2.45, 2.75) is 96.8 Å². The zero-order valence-electron chi connectivity index (χ0n) is 20.5. The van der Waals surface area contributed by atoms with Gasteiger partial charge in [-0.3, -0.25) is 14.4 Å². The number of aliphatic carboxylic acids is 1. The van der Waals surface area contributed by atoms with Crippen molar-refractivity contribution < 1.29 is 24.3 Å². The Morgan fingerprint density at radius 3 is 2.21 bits per heavy atom. The van der Waals surface area contributed by atoms with E-state index < -0.39 is 35.9 Å². The van der Waals surface area contributed by atoms with Crippen LogP contribution >= 0.6 is 0 Å². The number of hydrogen-bond acceptors (Lipinski definition) is 6. The first-order chi connectivity index (χ1) is 15.6. The molecule has 0 bridgehead atoms. The molecule has 5 unspecified atom stereocenters. The summed E-state index contributed by atoms with van der Waals surface area (Å²) in [5.74, 6) is -2.44. The van der Waals surface area contributed by atoms with E-state index in [4.69, 9.17) is 5.73 Å². The Morgan fingerprint density at radius 2 is 1.70 bits per heavy atom. The highest BCUT2D eigenvalue weighted by molar-refractivity contribution is 5.94. The van der Waals surface area contributed by atoms with Gasteiger partial charge in [0.05, 0.1) is 6.04 Å². The molecule has 7 N–H and O–H groups in total. The second-order valence-electron chi connectivity index (χ2n) is 9.40. The number of carboxylic acids is 1. The van der Waals surface area contributed by atoms with E-state index in [0.29, 0.717) is 38.6 Å². The van der Waals surface area contributed by atoms with E-state index in [2.05, 4.69) is 21.3 Å². The topological polar surface area (TPSA) is 163 Å². The fourth-order valence-corrected chi connectivity index (χ4v) is 3.85. The van der Waals surface area contributed by atoms with Crippen LogP contribution in [0.4, 0.5) is 0 Å². The summed E-state index contributed by atoms with van der Waals surface area (Å²) in [5, 5.41) is 20.8. The third-order valence-electron chi connectivity index (χ3n) is 6.07. The van der Waals surface area contributed by atoms with Gasteiger partial charge in [0.2, 0.25) is 17.7 Å². The molecular formula is C23H43N5O5. The van der Waals surface area contributed by atoms with Crippen LogP contribution in [0.15, 0.2) is 0 Å². The fourth-order valence-electron chi connectivity index (χ4n) is 3.85. The van der Waals surface area contributed by atoms with Gasteiger partial charge in [-0.1, -0.05) is 34.1 Å². The number of carbonyl (C=O) groups excluding carboxylic acids is 3. The van der Waals surface area contributed by atoms with Gasteiger partial charge in [-0.05, 0) is 63.5 Å². The molecule has 0 spiro atoms. The minimum Gasteiger partial charge on any atom is -0.480 e. The van der Waals surface area contributed by atoms with Crippen LogP contribution in [0.25, 0.3) is 0 Å². The maximum atomic E-state index is 13.1. The van der Waals surface area contributed by atoms with Crippen LogP contribution in [0, 0.1) is 11.8 Å². The summed E-state index contributed by atoms with van der Waals surface area (Å²) in [7, 11) is 0. The average molecular weight is 470 g/mol. The minimum atomic E-state index is -1.11. The molecule has 1 fully saturated rings. The Morgan fingerprint density at radius 1 is 1.03 bits per heavy atom. The van der Waals surface area contributed by atoms with Gasteiger partial charge in [-0.2, -0.15) is 0 Å². The number of hydrogen-bond donors (Lipinski definition) is 6. The molecule has 0 aromatic carbocycles. The molecule has 0 saturated carbocycles. The van der Waals surface area contributed by atoms with Crippen molar-refractivity contribution in [1.82, 2.24) is 21.3 Å². The summed E-state index contributed by atoms with van der Waals surface area (Å²) in [4.78, 5) is 50.3. The molecule has 10 heteroatoms. The Kier molecular flexibility index (Phi) is 13.0. The van der Waals surface area contributed by atoms with Crippen LogP contribution in [-0.2, 0) is 19.2 Å². The van der Waals surface area contributed by atoms with Crippen molar-refractivity contribution in [2.75, 3.05) is 13.1 Å². The van der Waals surface area contributed by atoms with Gasteiger partial charge in [-0.25, -0.2) is 4.79 Å². The summed E-state index contributed by atoms with van der Waals surface area (Å²) in [6.45, 7) is 8.74. The fraction of sp³-hybridized carbons (Fsp3) is 0.826. The SMILES string of the molecule is CCC(C)C(NC(=O)C(CCCCN)NC(=O)C(CC(C)C)NC(=O)C1CCCN1)C(=O)O. The Bertz CT molecular complexity index is 651. The van der Waals surface area contributed by atoms with Crippen molar-refractivity contribution in [2.24, 2.45) is 17.6 Å². The number of nitrogens with two attached hydrogens (primary N) is 1. The summed E-state index contributed by atoms with van der Waals surface area (Å²) in [6.07, 6.45) is 4.23. The molecule has 190 valence electrons. The normalized spacial score (nSPS) is 19.4. The molecule has 1 heterocycles. The lowest BCUT2D eigenvalue weighted by Gasteiger charge is -2.27. The predicted octanol–water partition coefficient (Wildman–Crippen LogP) is 0.499. The number of rotatable bonds is 15. The van der Waals surface area contributed by atoms with Gasteiger partial charge in [0, 0.05) is 0 Å². The highest BCUT2D eigenvalue weighted by Crippen LogP contribution is 2.12. The molecule has 1 saturated heterocycles. The maximum Gasteiger partial charge on any atom is 0.326 e. The molecule has 1 aliphatic heterocycles. The van der Waals surface area contributed by atoms with Crippen molar-refractivity contribution in [3.05, 3.63) is 0 Å². The van der Waals surface area contributed by atoms with Gasteiger partial charge in [0.15, 0.2) is 0 Å². The summed E-state index contributed by atoms with van der Waals surface area (Å²) in [6, 6.07) is -3.06. The highest BCUT2D eigenvalue weighted by Gasteiger charge is 2.32. The van der Waals surface area contributed by atoms with Crippen molar-refractivity contribution >= 4 is 23.7 Å². The second kappa shape index (κ2) is 14.8. The van der Waals surface area contributed by atoms with Crippen molar-refractivity contribution in [3.8, 4) is 0 Å². The number of carbonyl (C=O) groups is 4. The summed E-state index contributed by atoms with van der Waals surface area (Å²) >= 11 is 0. The van der Waals surface area contributed by atoms with Gasteiger partial charge in [0.1, 0.15) is 18.1 Å². The van der Waals surface area contributed by atoms with Crippen LogP contribution in [-0.4, -0.2) is 66.1 Å². The molecule has 10 nitrogen and oxygen atoms in total. The number of amides is 3. The lowest BCUT2D eigenvalue weighted by atomic mass is 9.98. The lowest BCUT2D eigenvalue weighted by molar-refractivity contribution is -0.144. The molecule has 0 radical (unpaired) electrons. The second-order valence-corrected chi connectivity index (χ2v) is 9.40. The maximum absolute atomic E-state index is 13.1. The van der Waals surface area contributed by atoms with Gasteiger partial charge < -0.3 is 32.1 Å². The Balaban J connectivity index is 2.93. The molecule has 0 aromatic rings.